The summed E-state index contributed by atoms with van der Waals surface area (Å²) in [6.45, 7) is 2.60. The van der Waals surface area contributed by atoms with Gasteiger partial charge in [0.05, 0.1) is 21.3 Å². The van der Waals surface area contributed by atoms with Crippen molar-refractivity contribution in [3.05, 3.63) is 109 Å². The minimum absolute atomic E-state index is 0.0636. The minimum atomic E-state index is -0.758. The van der Waals surface area contributed by atoms with E-state index in [-0.39, 0.29) is 56.4 Å². The highest BCUT2D eigenvalue weighted by Gasteiger charge is 2.33. The Hall–Kier alpha value is -4.08. The van der Waals surface area contributed by atoms with Crippen LogP contribution in [0.1, 0.15) is 41.6 Å². The maximum Gasteiger partial charge on any atom is 0.349 e. The second-order valence-corrected chi connectivity index (χ2v) is 10.1. The van der Waals surface area contributed by atoms with Gasteiger partial charge < -0.3 is 14.7 Å². The Kier molecular flexibility index (Phi) is 7.45. The van der Waals surface area contributed by atoms with Gasteiger partial charge >= 0.3 is 5.69 Å². The first-order chi connectivity index (χ1) is 18.7. The van der Waals surface area contributed by atoms with Crippen molar-refractivity contribution in [3.8, 4) is 22.9 Å². The number of aromatic hydroxyl groups is 1. The SMILES string of the molecule is CC1[C@H](c2ccccc2)CCCN1C(=O)c1cc(Oc2c(Cl)cc(-n3ncc(=O)[nH]c3=O)cc2Cl)ccc1O. The van der Waals surface area contributed by atoms with Crippen LogP contribution in [0, 0.1) is 0 Å². The quantitative estimate of drug-likeness (QED) is 0.345. The zero-order valence-corrected chi connectivity index (χ0v) is 22.3. The molecule has 1 amide bonds. The topological polar surface area (TPSA) is 118 Å². The van der Waals surface area contributed by atoms with Crippen molar-refractivity contribution in [1.29, 1.82) is 0 Å². The summed E-state index contributed by atoms with van der Waals surface area (Å²) in [4.78, 5) is 40.9. The van der Waals surface area contributed by atoms with E-state index in [0.717, 1.165) is 23.7 Å². The number of rotatable bonds is 5. The van der Waals surface area contributed by atoms with Crippen LogP contribution < -0.4 is 16.0 Å². The van der Waals surface area contributed by atoms with Crippen LogP contribution in [-0.4, -0.2) is 43.3 Å². The van der Waals surface area contributed by atoms with Crippen LogP contribution in [0.5, 0.6) is 17.2 Å². The van der Waals surface area contributed by atoms with Gasteiger partial charge in [0.15, 0.2) is 5.75 Å². The highest BCUT2D eigenvalue weighted by molar-refractivity contribution is 6.37. The van der Waals surface area contributed by atoms with Gasteiger partial charge in [-0.05, 0) is 55.7 Å². The van der Waals surface area contributed by atoms with Crippen molar-refractivity contribution >= 4 is 29.1 Å². The molecule has 39 heavy (non-hydrogen) atoms. The number of hydrogen-bond acceptors (Lipinski definition) is 6. The number of phenolic OH excluding ortho intramolecular Hbond substituents is 1. The third kappa shape index (κ3) is 5.41. The molecule has 0 saturated carbocycles. The summed E-state index contributed by atoms with van der Waals surface area (Å²) in [6.07, 6.45) is 2.77. The number of H-pyrrole nitrogens is 1. The second kappa shape index (κ2) is 11.0. The van der Waals surface area contributed by atoms with Crippen molar-refractivity contribution in [1.82, 2.24) is 19.7 Å². The molecule has 0 radical (unpaired) electrons. The van der Waals surface area contributed by atoms with E-state index in [0.29, 0.717) is 6.54 Å². The number of nitrogens with one attached hydrogen (secondary N) is 1. The summed E-state index contributed by atoms with van der Waals surface area (Å²) >= 11 is 12.8. The zero-order valence-electron chi connectivity index (χ0n) is 20.8. The van der Waals surface area contributed by atoms with Gasteiger partial charge in [0.25, 0.3) is 11.5 Å². The van der Waals surface area contributed by atoms with E-state index in [1.807, 2.05) is 25.1 Å². The van der Waals surface area contributed by atoms with Gasteiger partial charge in [0.1, 0.15) is 17.7 Å². The normalized spacial score (nSPS) is 17.2. The molecule has 2 N–H and O–H groups in total. The number of hydrogen-bond donors (Lipinski definition) is 2. The van der Waals surface area contributed by atoms with Gasteiger partial charge in [-0.15, -0.1) is 0 Å². The number of nitrogens with zero attached hydrogens (tertiary/aromatic N) is 3. The van der Waals surface area contributed by atoms with E-state index >= 15 is 0 Å². The number of ether oxygens (including phenoxy) is 1. The van der Waals surface area contributed by atoms with Crippen LogP contribution in [-0.2, 0) is 0 Å². The summed E-state index contributed by atoms with van der Waals surface area (Å²) in [7, 11) is 0. The first-order valence-corrected chi connectivity index (χ1v) is 13.0. The lowest BCUT2D eigenvalue weighted by Crippen LogP contribution is -2.45. The molecule has 1 aliphatic rings. The molecular formula is C28H24Cl2N4O5. The molecule has 11 heteroatoms. The average Bonchev–Trinajstić information content (AvgIpc) is 2.92. The lowest BCUT2D eigenvalue weighted by Gasteiger charge is -2.40. The largest absolute Gasteiger partial charge is 0.507 e. The van der Waals surface area contributed by atoms with Crippen LogP contribution in [0.15, 0.2) is 76.4 Å². The Morgan fingerprint density at radius 3 is 2.49 bits per heavy atom. The minimum Gasteiger partial charge on any atom is -0.507 e. The highest BCUT2D eigenvalue weighted by atomic mass is 35.5. The first kappa shape index (κ1) is 26.5. The monoisotopic (exact) mass is 566 g/mol. The third-order valence-electron chi connectivity index (χ3n) is 6.84. The smallest absolute Gasteiger partial charge is 0.349 e. The van der Waals surface area contributed by atoms with E-state index in [1.54, 1.807) is 4.90 Å². The maximum absolute atomic E-state index is 13.6. The predicted molar refractivity (Wildman–Crippen MR) is 148 cm³/mol. The second-order valence-electron chi connectivity index (χ2n) is 9.27. The molecule has 2 heterocycles. The van der Waals surface area contributed by atoms with Crippen LogP contribution >= 0.6 is 23.2 Å². The molecule has 4 aromatic rings. The van der Waals surface area contributed by atoms with Gasteiger partial charge in [0.2, 0.25) is 0 Å². The molecule has 0 bridgehead atoms. The Bertz CT molecular complexity index is 1630. The number of carbonyl (C=O) groups excluding carboxylic acids is 1. The van der Waals surface area contributed by atoms with E-state index in [2.05, 4.69) is 22.2 Å². The van der Waals surface area contributed by atoms with Gasteiger partial charge in [-0.25, -0.2) is 4.79 Å². The molecule has 0 spiro atoms. The fourth-order valence-corrected chi connectivity index (χ4v) is 5.45. The molecule has 1 unspecified atom stereocenters. The average molecular weight is 567 g/mol. The van der Waals surface area contributed by atoms with Crippen LogP contribution in [0.2, 0.25) is 10.0 Å². The van der Waals surface area contributed by atoms with E-state index in [9.17, 15) is 19.5 Å². The molecule has 9 nitrogen and oxygen atoms in total. The van der Waals surface area contributed by atoms with E-state index < -0.39 is 11.2 Å². The number of aromatic nitrogens is 3. The highest BCUT2D eigenvalue weighted by Crippen LogP contribution is 2.40. The van der Waals surface area contributed by atoms with Gasteiger partial charge in [-0.1, -0.05) is 53.5 Å². The summed E-state index contributed by atoms with van der Waals surface area (Å²) in [5.74, 6) is 0.0288. The number of halogens is 2. The maximum atomic E-state index is 13.6. The molecule has 1 saturated heterocycles. The molecule has 200 valence electrons. The predicted octanol–water partition coefficient (Wildman–Crippen LogP) is 5.13. The Balaban J connectivity index is 1.41. The Morgan fingerprint density at radius 1 is 1.08 bits per heavy atom. The number of carbonyl (C=O) groups is 1. The molecule has 5 rings (SSSR count). The van der Waals surface area contributed by atoms with Crippen LogP contribution in [0.4, 0.5) is 0 Å². The number of piperidine rings is 1. The standard InChI is InChI=1S/C28H24Cl2N4O5/c1-16-20(17-6-3-2-4-7-17)8-5-11-33(16)27(37)21-14-19(9-10-24(21)35)39-26-22(29)12-18(13-23(26)30)34-28(38)32-25(36)15-31-34/h2-4,6-7,9-10,12-16,20,35H,5,8,11H2,1H3,(H,32,36,38)/t16?,20-/m1/s1. The van der Waals surface area contributed by atoms with Crippen molar-refractivity contribution in [2.45, 2.75) is 31.7 Å². The number of amides is 1. The fraction of sp³-hybridized carbons (Fsp3) is 0.214. The molecule has 1 aliphatic heterocycles. The molecular weight excluding hydrogens is 543 g/mol. The fourth-order valence-electron chi connectivity index (χ4n) is 4.90. The van der Waals surface area contributed by atoms with Crippen molar-refractivity contribution in [2.24, 2.45) is 0 Å². The Morgan fingerprint density at radius 2 is 1.79 bits per heavy atom. The Labute approximate surface area is 233 Å². The molecule has 1 aromatic heterocycles. The number of aromatic amines is 1. The lowest BCUT2D eigenvalue weighted by atomic mass is 9.84. The number of benzene rings is 3. The number of likely N-dealkylation sites (tertiary alicyclic amines) is 1. The molecule has 2 atom stereocenters. The first-order valence-electron chi connectivity index (χ1n) is 12.3. The number of phenols is 1. The summed E-state index contributed by atoms with van der Waals surface area (Å²) in [5.41, 5.74) is 0.0936. The lowest BCUT2D eigenvalue weighted by molar-refractivity contribution is 0.0598. The van der Waals surface area contributed by atoms with Gasteiger partial charge in [-0.3, -0.25) is 14.6 Å². The van der Waals surface area contributed by atoms with Crippen molar-refractivity contribution in [2.75, 3.05) is 6.54 Å². The molecule has 1 fully saturated rings. The summed E-state index contributed by atoms with van der Waals surface area (Å²) < 4.78 is 6.85. The van der Waals surface area contributed by atoms with Gasteiger partial charge in [-0.2, -0.15) is 9.78 Å². The van der Waals surface area contributed by atoms with Crippen LogP contribution in [0.25, 0.3) is 5.69 Å². The molecule has 0 aliphatic carbocycles. The van der Waals surface area contributed by atoms with E-state index in [4.69, 9.17) is 27.9 Å². The summed E-state index contributed by atoms with van der Waals surface area (Å²) in [5, 5.41) is 14.5. The van der Waals surface area contributed by atoms with E-state index in [1.165, 1.54) is 35.9 Å². The summed E-state index contributed by atoms with van der Waals surface area (Å²) in [6, 6.07) is 17.2. The van der Waals surface area contributed by atoms with Crippen molar-refractivity contribution in [3.63, 3.8) is 0 Å². The van der Waals surface area contributed by atoms with Crippen molar-refractivity contribution < 1.29 is 14.6 Å². The third-order valence-corrected chi connectivity index (χ3v) is 7.40. The van der Waals surface area contributed by atoms with Crippen LogP contribution in [0.3, 0.4) is 0 Å². The zero-order chi connectivity index (χ0) is 27.7. The van der Waals surface area contributed by atoms with Gasteiger partial charge in [0, 0.05) is 18.5 Å². The molecule has 3 aromatic carbocycles.